The number of carbonyl (C=O) groups excluding carboxylic acids is 1. The molecule has 3 aliphatic heterocycles. The molecule has 0 aliphatic carbocycles. The molecule has 2 fully saturated rings. The average Bonchev–Trinajstić information content (AvgIpc) is 3.06. The third kappa shape index (κ3) is 2.32. The molecule has 1 N–H and O–H groups in total. The maximum atomic E-state index is 12.7. The lowest BCUT2D eigenvalue weighted by atomic mass is 10.0. The molecule has 0 aromatic heterocycles. The highest BCUT2D eigenvalue weighted by Gasteiger charge is 2.39. The topological polar surface area (TPSA) is 41.6 Å². The molecule has 2 saturated heterocycles. The Hall–Kier alpha value is -1.52. The molecule has 110 valence electrons. The largest absolute Gasteiger partial charge is 0.488 e. The van der Waals surface area contributed by atoms with Crippen molar-refractivity contribution in [3.8, 4) is 5.75 Å². The van der Waals surface area contributed by atoms with Crippen LogP contribution in [0.1, 0.15) is 5.56 Å². The van der Waals surface area contributed by atoms with Crippen molar-refractivity contribution in [3.63, 3.8) is 0 Å². The van der Waals surface area contributed by atoms with Crippen molar-refractivity contribution in [2.45, 2.75) is 0 Å². The maximum Gasteiger partial charge on any atom is 0.253 e. The Morgan fingerprint density at radius 1 is 1.29 bits per heavy atom. The lowest BCUT2D eigenvalue weighted by Gasteiger charge is -2.23. The summed E-state index contributed by atoms with van der Waals surface area (Å²) in [7, 11) is 0. The van der Waals surface area contributed by atoms with E-state index >= 15 is 0 Å². The van der Waals surface area contributed by atoms with Crippen LogP contribution in [0, 0.1) is 11.8 Å². The number of rotatable bonds is 1. The van der Waals surface area contributed by atoms with Crippen LogP contribution in [0.4, 0.5) is 0 Å². The minimum Gasteiger partial charge on any atom is -0.488 e. The fourth-order valence-corrected chi connectivity index (χ4v) is 3.68. The standard InChI is InChI=1S/C16H17ClN2O2/c17-14-1-2-15-10(4-14)3-11(9-21-15)16(20)19-7-12-5-18-6-13(12)8-19/h1-4,12-13,18H,5-9H2/t12-,13+. The van der Waals surface area contributed by atoms with Gasteiger partial charge in [-0.3, -0.25) is 4.79 Å². The van der Waals surface area contributed by atoms with Crippen molar-refractivity contribution in [2.75, 3.05) is 32.8 Å². The van der Waals surface area contributed by atoms with Gasteiger partial charge < -0.3 is 15.0 Å². The summed E-state index contributed by atoms with van der Waals surface area (Å²) in [6, 6.07) is 5.49. The van der Waals surface area contributed by atoms with Gasteiger partial charge in [0, 0.05) is 36.8 Å². The molecule has 5 heteroatoms. The van der Waals surface area contributed by atoms with Crippen LogP contribution in [-0.4, -0.2) is 43.6 Å². The van der Waals surface area contributed by atoms with Crippen molar-refractivity contribution in [1.29, 1.82) is 0 Å². The number of amides is 1. The van der Waals surface area contributed by atoms with E-state index in [-0.39, 0.29) is 5.91 Å². The van der Waals surface area contributed by atoms with Gasteiger partial charge in [-0.25, -0.2) is 0 Å². The van der Waals surface area contributed by atoms with E-state index in [1.807, 2.05) is 23.1 Å². The van der Waals surface area contributed by atoms with E-state index in [0.29, 0.717) is 23.5 Å². The fraction of sp³-hybridized carbons (Fsp3) is 0.438. The second-order valence-corrected chi connectivity index (χ2v) is 6.47. The minimum absolute atomic E-state index is 0.107. The highest BCUT2D eigenvalue weighted by molar-refractivity contribution is 6.30. The Labute approximate surface area is 128 Å². The Balaban J connectivity index is 1.55. The Bertz CT molecular complexity index is 617. The number of carbonyl (C=O) groups is 1. The van der Waals surface area contributed by atoms with E-state index in [4.69, 9.17) is 16.3 Å². The zero-order chi connectivity index (χ0) is 14.4. The predicted octanol–water partition coefficient (Wildman–Crippen LogP) is 1.79. The summed E-state index contributed by atoms with van der Waals surface area (Å²) in [5, 5.41) is 4.05. The van der Waals surface area contributed by atoms with Crippen molar-refractivity contribution in [2.24, 2.45) is 11.8 Å². The summed E-state index contributed by atoms with van der Waals surface area (Å²) in [6.07, 6.45) is 1.92. The van der Waals surface area contributed by atoms with Gasteiger partial charge in [0.1, 0.15) is 12.4 Å². The number of nitrogens with zero attached hydrogens (tertiary/aromatic N) is 1. The van der Waals surface area contributed by atoms with Gasteiger partial charge in [0.15, 0.2) is 0 Å². The predicted molar refractivity (Wildman–Crippen MR) is 81.4 cm³/mol. The molecule has 0 saturated carbocycles. The van der Waals surface area contributed by atoms with Crippen LogP contribution < -0.4 is 10.1 Å². The highest BCUT2D eigenvalue weighted by atomic mass is 35.5. The zero-order valence-electron chi connectivity index (χ0n) is 11.6. The molecule has 3 aliphatic rings. The van der Waals surface area contributed by atoms with Crippen LogP contribution >= 0.6 is 11.6 Å². The van der Waals surface area contributed by atoms with Gasteiger partial charge in [0.2, 0.25) is 0 Å². The van der Waals surface area contributed by atoms with Crippen LogP contribution in [0.2, 0.25) is 5.02 Å². The molecule has 0 bridgehead atoms. The van der Waals surface area contributed by atoms with Gasteiger partial charge in [-0.05, 0) is 36.1 Å². The first-order valence-corrected chi connectivity index (χ1v) is 7.71. The lowest BCUT2D eigenvalue weighted by molar-refractivity contribution is -0.126. The normalized spacial score (nSPS) is 26.9. The number of halogens is 1. The SMILES string of the molecule is O=C(C1=Cc2cc(Cl)ccc2OC1)N1C[C@H]2CNC[C@H]2C1. The molecule has 4 rings (SSSR count). The molecular formula is C16H17ClN2O2. The van der Waals surface area contributed by atoms with Crippen molar-refractivity contribution >= 4 is 23.6 Å². The van der Waals surface area contributed by atoms with Crippen LogP contribution in [0.5, 0.6) is 5.75 Å². The van der Waals surface area contributed by atoms with Crippen molar-refractivity contribution in [3.05, 3.63) is 34.4 Å². The summed E-state index contributed by atoms with van der Waals surface area (Å²) in [5.74, 6) is 2.12. The number of hydrogen-bond donors (Lipinski definition) is 1. The molecular weight excluding hydrogens is 288 g/mol. The molecule has 0 unspecified atom stereocenters. The van der Waals surface area contributed by atoms with E-state index in [2.05, 4.69) is 5.32 Å². The van der Waals surface area contributed by atoms with E-state index in [1.54, 1.807) is 6.07 Å². The first kappa shape index (κ1) is 13.2. The Morgan fingerprint density at radius 3 is 2.81 bits per heavy atom. The summed E-state index contributed by atoms with van der Waals surface area (Å²) < 4.78 is 5.68. The van der Waals surface area contributed by atoms with E-state index in [9.17, 15) is 4.79 Å². The second kappa shape index (κ2) is 5.04. The van der Waals surface area contributed by atoms with E-state index in [0.717, 1.165) is 43.1 Å². The van der Waals surface area contributed by atoms with Crippen molar-refractivity contribution < 1.29 is 9.53 Å². The molecule has 2 atom stereocenters. The molecule has 21 heavy (non-hydrogen) atoms. The van der Waals surface area contributed by atoms with Gasteiger partial charge in [-0.2, -0.15) is 0 Å². The van der Waals surface area contributed by atoms with Crippen LogP contribution in [0.25, 0.3) is 6.08 Å². The highest BCUT2D eigenvalue weighted by Crippen LogP contribution is 2.31. The molecule has 1 aromatic rings. The third-order valence-corrected chi connectivity index (χ3v) is 4.87. The smallest absolute Gasteiger partial charge is 0.253 e. The number of hydrogen-bond acceptors (Lipinski definition) is 3. The molecule has 3 heterocycles. The zero-order valence-corrected chi connectivity index (χ0v) is 12.4. The number of ether oxygens (including phenoxy) is 1. The quantitative estimate of drug-likeness (QED) is 0.860. The number of fused-ring (bicyclic) bond motifs is 2. The summed E-state index contributed by atoms with van der Waals surface area (Å²) in [6.45, 7) is 4.12. The van der Waals surface area contributed by atoms with Gasteiger partial charge in [0.05, 0.1) is 5.57 Å². The molecule has 1 aromatic carbocycles. The average molecular weight is 305 g/mol. The minimum atomic E-state index is 0.107. The maximum absolute atomic E-state index is 12.7. The van der Waals surface area contributed by atoms with E-state index < -0.39 is 0 Å². The molecule has 1 amide bonds. The van der Waals surface area contributed by atoms with Crippen LogP contribution in [-0.2, 0) is 4.79 Å². The Morgan fingerprint density at radius 2 is 2.05 bits per heavy atom. The monoisotopic (exact) mass is 304 g/mol. The summed E-state index contributed by atoms with van der Waals surface area (Å²) in [5.41, 5.74) is 1.61. The Kier molecular flexibility index (Phi) is 3.16. The second-order valence-electron chi connectivity index (χ2n) is 6.03. The summed E-state index contributed by atoms with van der Waals surface area (Å²) >= 11 is 6.01. The number of benzene rings is 1. The number of likely N-dealkylation sites (tertiary alicyclic amines) is 1. The van der Waals surface area contributed by atoms with Crippen LogP contribution in [0.3, 0.4) is 0 Å². The molecule has 0 radical (unpaired) electrons. The van der Waals surface area contributed by atoms with Gasteiger partial charge >= 0.3 is 0 Å². The molecule has 4 nitrogen and oxygen atoms in total. The molecule has 0 spiro atoms. The first-order chi connectivity index (χ1) is 10.2. The van der Waals surface area contributed by atoms with Gasteiger partial charge in [-0.1, -0.05) is 11.6 Å². The summed E-state index contributed by atoms with van der Waals surface area (Å²) in [4.78, 5) is 14.6. The number of nitrogens with one attached hydrogen (secondary N) is 1. The lowest BCUT2D eigenvalue weighted by Crippen LogP contribution is -2.34. The first-order valence-electron chi connectivity index (χ1n) is 7.33. The van der Waals surface area contributed by atoms with Gasteiger partial charge in [0.25, 0.3) is 5.91 Å². The van der Waals surface area contributed by atoms with Crippen LogP contribution in [0.15, 0.2) is 23.8 Å². The third-order valence-electron chi connectivity index (χ3n) is 4.64. The van der Waals surface area contributed by atoms with Crippen molar-refractivity contribution in [1.82, 2.24) is 10.2 Å². The fourth-order valence-electron chi connectivity index (χ4n) is 3.50. The van der Waals surface area contributed by atoms with Gasteiger partial charge in [-0.15, -0.1) is 0 Å². The van der Waals surface area contributed by atoms with E-state index in [1.165, 1.54) is 0 Å².